The van der Waals surface area contributed by atoms with Crippen molar-refractivity contribution in [2.45, 2.75) is 53.6 Å². The summed E-state index contributed by atoms with van der Waals surface area (Å²) in [6.45, 7) is 9.43. The number of aliphatic hydroxyl groups is 2. The second-order valence-corrected chi connectivity index (χ2v) is 11.7. The molecule has 0 atom stereocenters. The average molecular weight is 654 g/mol. The minimum absolute atomic E-state index is 0.178. The van der Waals surface area contributed by atoms with Crippen LogP contribution in [0.5, 0.6) is 0 Å². The lowest BCUT2D eigenvalue weighted by molar-refractivity contribution is -0.689. The first kappa shape index (κ1) is 35.0. The fourth-order valence-corrected chi connectivity index (χ4v) is 5.99. The number of hydrogen-bond acceptors (Lipinski definition) is 12. The molecule has 45 heavy (non-hydrogen) atoms. The Morgan fingerprint density at radius 2 is 1.27 bits per heavy atom. The van der Waals surface area contributed by atoms with E-state index in [2.05, 4.69) is 34.1 Å². The van der Waals surface area contributed by atoms with Gasteiger partial charge in [0.15, 0.2) is 24.5 Å². The van der Waals surface area contributed by atoms with Crippen molar-refractivity contribution in [3.63, 3.8) is 0 Å². The van der Waals surface area contributed by atoms with Crippen LogP contribution in [0.25, 0.3) is 0 Å². The number of aromatic nitrogens is 7. The predicted octanol–water partition coefficient (Wildman–Crippen LogP) is 2.00. The van der Waals surface area contributed by atoms with E-state index >= 15 is 0 Å². The molecule has 13 nitrogen and oxygen atoms in total. The topological polar surface area (TPSA) is 202 Å². The van der Waals surface area contributed by atoms with Crippen LogP contribution in [-0.2, 0) is 25.9 Å². The SMILES string of the molecule is Cc1ncc(C[n+]2csc(CCO)c2C)c(N)n1.Cc1ncc(C[n+]2csc(CCO)c2C)c(N)n1.O=C(O)c1cccnc1. The highest BCUT2D eigenvalue weighted by atomic mass is 32.1. The zero-order valence-electron chi connectivity index (χ0n) is 25.7. The zero-order chi connectivity index (χ0) is 32.9. The molecule has 0 radical (unpaired) electrons. The molecule has 0 spiro atoms. The van der Waals surface area contributed by atoms with Crippen molar-refractivity contribution < 1.29 is 29.2 Å². The number of hydrogen-bond donors (Lipinski definition) is 5. The number of pyridine rings is 1. The minimum atomic E-state index is -0.942. The molecule has 0 aliphatic carbocycles. The van der Waals surface area contributed by atoms with Crippen molar-refractivity contribution in [3.05, 3.63) is 97.4 Å². The summed E-state index contributed by atoms with van der Waals surface area (Å²) in [4.78, 5) is 32.8. The van der Waals surface area contributed by atoms with Gasteiger partial charge in [-0.2, -0.15) is 9.13 Å². The summed E-state index contributed by atoms with van der Waals surface area (Å²) in [5.74, 6) is 1.49. The third-order valence-electron chi connectivity index (χ3n) is 6.62. The highest BCUT2D eigenvalue weighted by Gasteiger charge is 2.18. The van der Waals surface area contributed by atoms with E-state index in [1.807, 2.05) is 38.7 Å². The number of nitrogens with zero attached hydrogens (tertiary/aromatic N) is 7. The average Bonchev–Trinajstić information content (AvgIpc) is 3.54. The molecular weight excluding hydrogens is 615 g/mol. The number of carbonyl (C=O) groups is 1. The first-order chi connectivity index (χ1) is 21.5. The van der Waals surface area contributed by atoms with Crippen LogP contribution < -0.4 is 20.6 Å². The van der Waals surface area contributed by atoms with Gasteiger partial charge in [0.25, 0.3) is 0 Å². The van der Waals surface area contributed by atoms with E-state index < -0.39 is 5.97 Å². The number of rotatable bonds is 9. The van der Waals surface area contributed by atoms with Crippen molar-refractivity contribution in [1.29, 1.82) is 0 Å². The number of thiazole rings is 2. The number of aliphatic hydroxyl groups excluding tert-OH is 2. The van der Waals surface area contributed by atoms with E-state index in [1.54, 1.807) is 41.1 Å². The normalized spacial score (nSPS) is 10.4. The molecule has 15 heteroatoms. The lowest BCUT2D eigenvalue weighted by Crippen LogP contribution is -2.35. The molecule has 0 aliphatic rings. The third kappa shape index (κ3) is 10.3. The summed E-state index contributed by atoms with van der Waals surface area (Å²) < 4.78 is 4.22. The molecule has 0 saturated carbocycles. The summed E-state index contributed by atoms with van der Waals surface area (Å²) in [6.07, 6.45) is 7.78. The van der Waals surface area contributed by atoms with Gasteiger partial charge in [-0.05, 0) is 26.0 Å². The molecule has 5 aromatic heterocycles. The van der Waals surface area contributed by atoms with E-state index in [0.29, 0.717) is 49.2 Å². The Morgan fingerprint density at radius 1 is 0.800 bits per heavy atom. The van der Waals surface area contributed by atoms with Crippen LogP contribution in [0.3, 0.4) is 0 Å². The van der Waals surface area contributed by atoms with Crippen LogP contribution in [0.15, 0.2) is 47.9 Å². The fourth-order valence-electron chi connectivity index (χ4n) is 4.02. The molecule has 0 unspecified atom stereocenters. The van der Waals surface area contributed by atoms with Crippen LogP contribution in [0, 0.1) is 27.7 Å². The van der Waals surface area contributed by atoms with Gasteiger partial charge in [0.2, 0.25) is 11.0 Å². The molecule has 7 N–H and O–H groups in total. The predicted molar refractivity (Wildman–Crippen MR) is 172 cm³/mol. The standard InChI is InChI=1S/2C12H17N4OS.C6H5NO2/c2*1-8-11(3-4-17)18-7-16(8)6-10-5-14-9(2)15-12(10)13;8-6(9)5-2-1-3-7-4-5/h2*5,7,17H,3-4,6H2,1-2H3,(H2,13,14,15);1-4H,(H,8,9)/q2*+1;. The van der Waals surface area contributed by atoms with Crippen molar-refractivity contribution >= 4 is 40.3 Å². The van der Waals surface area contributed by atoms with Crippen molar-refractivity contribution in [2.75, 3.05) is 24.7 Å². The number of carboxylic acid groups (broad SMARTS) is 1. The number of anilines is 2. The van der Waals surface area contributed by atoms with Gasteiger partial charge in [-0.15, -0.1) is 0 Å². The highest BCUT2D eigenvalue weighted by molar-refractivity contribution is 7.09. The second kappa shape index (κ2) is 17.2. The van der Waals surface area contributed by atoms with Crippen molar-refractivity contribution in [2.24, 2.45) is 0 Å². The van der Waals surface area contributed by atoms with Crippen molar-refractivity contribution in [1.82, 2.24) is 24.9 Å². The van der Waals surface area contributed by atoms with E-state index in [1.165, 1.54) is 28.2 Å². The van der Waals surface area contributed by atoms with Crippen LogP contribution in [0.2, 0.25) is 0 Å². The Balaban J connectivity index is 0.000000195. The summed E-state index contributed by atoms with van der Waals surface area (Å²) in [5.41, 5.74) is 20.2. The summed E-state index contributed by atoms with van der Waals surface area (Å²) >= 11 is 3.30. The Labute approximate surface area is 269 Å². The Hall–Kier alpha value is -4.44. The third-order valence-corrected chi connectivity index (χ3v) is 8.91. The zero-order valence-corrected chi connectivity index (χ0v) is 27.3. The smallest absolute Gasteiger partial charge is 0.337 e. The van der Waals surface area contributed by atoms with Crippen LogP contribution in [0.1, 0.15) is 54.3 Å². The highest BCUT2D eigenvalue weighted by Crippen LogP contribution is 2.15. The van der Waals surface area contributed by atoms with Crippen molar-refractivity contribution in [3.8, 4) is 0 Å². The Bertz CT molecular complexity index is 1590. The summed E-state index contributed by atoms with van der Waals surface area (Å²) in [5, 5.41) is 26.3. The maximum absolute atomic E-state index is 10.2. The molecule has 0 aliphatic heterocycles. The molecule has 0 saturated heterocycles. The second-order valence-electron chi connectivity index (χ2n) is 9.87. The molecular formula is C30H39N9O4S2+2. The first-order valence-corrected chi connectivity index (χ1v) is 15.7. The maximum atomic E-state index is 10.2. The quantitative estimate of drug-likeness (QED) is 0.146. The summed E-state index contributed by atoms with van der Waals surface area (Å²) in [6, 6.07) is 3.08. The van der Waals surface area contributed by atoms with Gasteiger partial charge in [0, 0.05) is 64.7 Å². The van der Waals surface area contributed by atoms with Gasteiger partial charge in [0.1, 0.15) is 23.3 Å². The van der Waals surface area contributed by atoms with E-state index in [0.717, 1.165) is 22.5 Å². The largest absolute Gasteiger partial charge is 0.478 e. The van der Waals surface area contributed by atoms with Gasteiger partial charge in [-0.1, -0.05) is 22.7 Å². The number of nitrogens with two attached hydrogens (primary N) is 2. The molecule has 0 bridgehead atoms. The molecule has 0 amide bonds. The van der Waals surface area contributed by atoms with Gasteiger partial charge < -0.3 is 26.8 Å². The lowest BCUT2D eigenvalue weighted by atomic mass is 10.2. The monoisotopic (exact) mass is 653 g/mol. The van der Waals surface area contributed by atoms with Gasteiger partial charge in [0.05, 0.1) is 26.4 Å². The summed E-state index contributed by atoms with van der Waals surface area (Å²) in [7, 11) is 0. The molecule has 238 valence electrons. The number of aryl methyl sites for hydroxylation is 2. The molecule has 0 aromatic carbocycles. The lowest BCUT2D eigenvalue weighted by Gasteiger charge is -2.01. The fraction of sp³-hybridized carbons (Fsp3) is 0.333. The first-order valence-electron chi connectivity index (χ1n) is 14.0. The van der Waals surface area contributed by atoms with Crippen LogP contribution in [0.4, 0.5) is 11.6 Å². The van der Waals surface area contributed by atoms with Gasteiger partial charge >= 0.3 is 5.97 Å². The Kier molecular flexibility index (Phi) is 13.4. The minimum Gasteiger partial charge on any atom is -0.478 e. The van der Waals surface area contributed by atoms with Gasteiger partial charge in [-0.3, -0.25) is 4.98 Å². The van der Waals surface area contributed by atoms with E-state index in [-0.39, 0.29) is 18.8 Å². The van der Waals surface area contributed by atoms with Crippen LogP contribution >= 0.6 is 22.7 Å². The number of carboxylic acids is 1. The number of aromatic carboxylic acids is 1. The molecule has 5 rings (SSSR count). The number of nitrogen functional groups attached to an aromatic ring is 2. The van der Waals surface area contributed by atoms with E-state index in [9.17, 15) is 4.79 Å². The maximum Gasteiger partial charge on any atom is 0.337 e. The van der Waals surface area contributed by atoms with Crippen LogP contribution in [-0.4, -0.2) is 59.4 Å². The molecule has 0 fully saturated rings. The molecule has 5 aromatic rings. The van der Waals surface area contributed by atoms with Gasteiger partial charge in [-0.25, -0.2) is 24.7 Å². The molecule has 5 heterocycles. The Morgan fingerprint density at radius 3 is 1.60 bits per heavy atom. The van der Waals surface area contributed by atoms with E-state index in [4.69, 9.17) is 26.8 Å².